The second-order valence-corrected chi connectivity index (χ2v) is 7.11. The number of rotatable bonds is 4. The molecule has 2 aromatic rings. The standard InChI is InChI=1S/C17H19NO3S/c1-3-18(4-2)12-13-8-7-10-15-17(13)22(19,20)16-11-6-5-9-14(16)21-15/h5-11H,3-4,12H2,1-2H3. The van der Waals surface area contributed by atoms with E-state index in [1.165, 1.54) is 0 Å². The van der Waals surface area contributed by atoms with Gasteiger partial charge in [-0.15, -0.1) is 0 Å². The van der Waals surface area contributed by atoms with Gasteiger partial charge in [-0.25, -0.2) is 8.42 Å². The van der Waals surface area contributed by atoms with Gasteiger partial charge < -0.3 is 4.74 Å². The van der Waals surface area contributed by atoms with E-state index in [0.29, 0.717) is 22.9 Å². The average molecular weight is 317 g/mol. The van der Waals surface area contributed by atoms with Gasteiger partial charge in [0, 0.05) is 6.54 Å². The molecule has 0 atom stereocenters. The second-order valence-electron chi connectivity index (χ2n) is 5.26. The molecule has 0 unspecified atom stereocenters. The number of benzene rings is 2. The SMILES string of the molecule is CCN(CC)Cc1cccc2c1S(=O)(=O)c1ccccc1O2. The van der Waals surface area contributed by atoms with Crippen molar-refractivity contribution in [2.24, 2.45) is 0 Å². The lowest BCUT2D eigenvalue weighted by Crippen LogP contribution is -2.24. The van der Waals surface area contributed by atoms with Crippen LogP contribution in [0.25, 0.3) is 0 Å². The number of sulfone groups is 1. The summed E-state index contributed by atoms with van der Waals surface area (Å²) in [6.07, 6.45) is 0. The van der Waals surface area contributed by atoms with Crippen molar-refractivity contribution in [3.63, 3.8) is 0 Å². The third-order valence-corrected chi connectivity index (χ3v) is 5.89. The Labute approximate surface area is 131 Å². The number of hydrogen-bond acceptors (Lipinski definition) is 4. The monoisotopic (exact) mass is 317 g/mol. The summed E-state index contributed by atoms with van der Waals surface area (Å²) in [5.74, 6) is 0.818. The Morgan fingerprint density at radius 3 is 2.36 bits per heavy atom. The van der Waals surface area contributed by atoms with Gasteiger partial charge >= 0.3 is 0 Å². The van der Waals surface area contributed by atoms with Crippen molar-refractivity contribution in [2.75, 3.05) is 13.1 Å². The zero-order valence-electron chi connectivity index (χ0n) is 12.7. The molecule has 0 spiro atoms. The van der Waals surface area contributed by atoms with Gasteiger partial charge in [0.05, 0.1) is 0 Å². The summed E-state index contributed by atoms with van der Waals surface area (Å²) < 4.78 is 31.8. The van der Waals surface area contributed by atoms with E-state index in [1.807, 2.05) is 12.1 Å². The fourth-order valence-electron chi connectivity index (χ4n) is 2.74. The summed E-state index contributed by atoms with van der Waals surface area (Å²) in [7, 11) is -3.55. The van der Waals surface area contributed by atoms with Crippen LogP contribution in [0, 0.1) is 0 Å². The minimum atomic E-state index is -3.55. The van der Waals surface area contributed by atoms with Crippen molar-refractivity contribution in [3.05, 3.63) is 48.0 Å². The predicted octanol–water partition coefficient (Wildman–Crippen LogP) is 3.47. The molecule has 0 saturated heterocycles. The second kappa shape index (κ2) is 5.74. The van der Waals surface area contributed by atoms with Crippen LogP contribution in [0.4, 0.5) is 0 Å². The van der Waals surface area contributed by atoms with Crippen LogP contribution in [0.3, 0.4) is 0 Å². The zero-order valence-corrected chi connectivity index (χ0v) is 13.6. The molecule has 0 saturated carbocycles. The number of para-hydroxylation sites is 1. The topological polar surface area (TPSA) is 46.6 Å². The van der Waals surface area contributed by atoms with Crippen LogP contribution in [0.5, 0.6) is 11.5 Å². The first-order valence-corrected chi connectivity index (χ1v) is 8.92. The molecule has 1 heterocycles. The molecule has 116 valence electrons. The van der Waals surface area contributed by atoms with Gasteiger partial charge in [-0.1, -0.05) is 38.1 Å². The number of fused-ring (bicyclic) bond motifs is 2. The van der Waals surface area contributed by atoms with Gasteiger partial charge in [0.1, 0.15) is 21.3 Å². The van der Waals surface area contributed by atoms with E-state index in [1.54, 1.807) is 30.3 Å². The summed E-state index contributed by atoms with van der Waals surface area (Å²) >= 11 is 0. The molecule has 0 fully saturated rings. The molecule has 1 aliphatic heterocycles. The van der Waals surface area contributed by atoms with Crippen molar-refractivity contribution in [3.8, 4) is 11.5 Å². The Balaban J connectivity index is 2.15. The Bertz CT molecular complexity index is 795. The van der Waals surface area contributed by atoms with Crippen LogP contribution in [0.2, 0.25) is 0 Å². The normalized spacial score (nSPS) is 15.0. The van der Waals surface area contributed by atoms with Crippen LogP contribution in [0.15, 0.2) is 52.3 Å². The molecule has 5 heteroatoms. The van der Waals surface area contributed by atoms with E-state index in [-0.39, 0.29) is 4.90 Å². The lowest BCUT2D eigenvalue weighted by molar-refractivity contribution is 0.292. The lowest BCUT2D eigenvalue weighted by Gasteiger charge is -2.25. The first kappa shape index (κ1) is 15.1. The Hall–Kier alpha value is -1.85. The smallest absolute Gasteiger partial charge is 0.214 e. The molecule has 0 aliphatic carbocycles. The van der Waals surface area contributed by atoms with Crippen molar-refractivity contribution in [1.82, 2.24) is 4.90 Å². The van der Waals surface area contributed by atoms with E-state index in [9.17, 15) is 8.42 Å². The molecular weight excluding hydrogens is 298 g/mol. The van der Waals surface area contributed by atoms with Crippen LogP contribution in [-0.4, -0.2) is 26.4 Å². The van der Waals surface area contributed by atoms with Crippen LogP contribution in [0.1, 0.15) is 19.4 Å². The van der Waals surface area contributed by atoms with Crippen LogP contribution in [-0.2, 0) is 16.4 Å². The molecule has 0 radical (unpaired) electrons. The van der Waals surface area contributed by atoms with E-state index < -0.39 is 9.84 Å². The Kier molecular flexibility index (Phi) is 3.93. The highest BCUT2D eigenvalue weighted by Gasteiger charge is 2.33. The van der Waals surface area contributed by atoms with Crippen molar-refractivity contribution in [1.29, 1.82) is 0 Å². The maximum atomic E-state index is 13.0. The quantitative estimate of drug-likeness (QED) is 0.739. The minimum absolute atomic E-state index is 0.245. The predicted molar refractivity (Wildman–Crippen MR) is 85.0 cm³/mol. The highest BCUT2D eigenvalue weighted by molar-refractivity contribution is 7.91. The average Bonchev–Trinajstić information content (AvgIpc) is 2.52. The van der Waals surface area contributed by atoms with Gasteiger partial charge in [0.25, 0.3) is 0 Å². The molecule has 1 aliphatic rings. The summed E-state index contributed by atoms with van der Waals surface area (Å²) in [6.45, 7) is 6.48. The number of ether oxygens (including phenoxy) is 1. The summed E-state index contributed by atoms with van der Waals surface area (Å²) in [5, 5.41) is 0. The fourth-order valence-corrected chi connectivity index (χ4v) is 4.45. The largest absolute Gasteiger partial charge is 0.455 e. The van der Waals surface area contributed by atoms with E-state index in [2.05, 4.69) is 18.7 Å². The third kappa shape index (κ3) is 2.40. The molecule has 0 N–H and O–H groups in total. The molecule has 22 heavy (non-hydrogen) atoms. The third-order valence-electron chi connectivity index (χ3n) is 3.98. The highest BCUT2D eigenvalue weighted by Crippen LogP contribution is 2.44. The van der Waals surface area contributed by atoms with Gasteiger partial charge in [0.2, 0.25) is 9.84 Å². The van der Waals surface area contributed by atoms with Crippen LogP contribution < -0.4 is 4.74 Å². The molecular formula is C17H19NO3S. The Morgan fingerprint density at radius 1 is 0.955 bits per heavy atom. The first-order valence-electron chi connectivity index (χ1n) is 7.44. The summed E-state index contributed by atoms with van der Waals surface area (Å²) in [4.78, 5) is 2.74. The first-order chi connectivity index (χ1) is 10.6. The number of hydrogen-bond donors (Lipinski definition) is 0. The van der Waals surface area contributed by atoms with Crippen molar-refractivity contribution < 1.29 is 13.2 Å². The van der Waals surface area contributed by atoms with Gasteiger partial charge in [0.15, 0.2) is 0 Å². The van der Waals surface area contributed by atoms with Gasteiger partial charge in [-0.2, -0.15) is 0 Å². The molecule has 0 aromatic heterocycles. The van der Waals surface area contributed by atoms with E-state index >= 15 is 0 Å². The summed E-state index contributed by atoms with van der Waals surface area (Å²) in [6, 6.07) is 12.2. The fraction of sp³-hybridized carbons (Fsp3) is 0.294. The molecule has 0 amide bonds. The van der Waals surface area contributed by atoms with Crippen molar-refractivity contribution in [2.45, 2.75) is 30.2 Å². The zero-order chi connectivity index (χ0) is 15.7. The molecule has 0 bridgehead atoms. The highest BCUT2D eigenvalue weighted by atomic mass is 32.2. The molecule has 2 aromatic carbocycles. The maximum Gasteiger partial charge on any atom is 0.214 e. The number of nitrogens with zero attached hydrogens (tertiary/aromatic N) is 1. The Morgan fingerprint density at radius 2 is 1.64 bits per heavy atom. The summed E-state index contributed by atoms with van der Waals surface area (Å²) in [5.41, 5.74) is 0.788. The molecule has 3 rings (SSSR count). The van der Waals surface area contributed by atoms with Gasteiger partial charge in [-0.05, 0) is 36.9 Å². The van der Waals surface area contributed by atoms with E-state index in [4.69, 9.17) is 4.74 Å². The maximum absolute atomic E-state index is 13.0. The van der Waals surface area contributed by atoms with Crippen LogP contribution >= 0.6 is 0 Å². The molecule has 4 nitrogen and oxygen atoms in total. The van der Waals surface area contributed by atoms with Gasteiger partial charge in [-0.3, -0.25) is 4.90 Å². The van der Waals surface area contributed by atoms with Crippen molar-refractivity contribution >= 4 is 9.84 Å². The minimum Gasteiger partial charge on any atom is -0.455 e. The lowest BCUT2D eigenvalue weighted by atomic mass is 10.2. The van der Waals surface area contributed by atoms with E-state index in [0.717, 1.165) is 18.7 Å².